The summed E-state index contributed by atoms with van der Waals surface area (Å²) >= 11 is 0. The van der Waals surface area contributed by atoms with Gasteiger partial charge >= 0.3 is 0 Å². The third-order valence-electron chi connectivity index (χ3n) is 3.61. The van der Waals surface area contributed by atoms with Gasteiger partial charge < -0.3 is 10.1 Å². The molecule has 126 valence electrons. The number of rotatable bonds is 7. The minimum atomic E-state index is -0.557. The average Bonchev–Trinajstić information content (AvgIpc) is 2.56. The molecular weight excluding hydrogens is 308 g/mol. The fourth-order valence-corrected chi connectivity index (χ4v) is 2.40. The molecule has 1 N–H and O–H groups in total. The highest BCUT2D eigenvalue weighted by Gasteiger charge is 2.18. The Balaban J connectivity index is 1.83. The number of aryl methyl sites for hydroxylation is 2. The first-order chi connectivity index (χ1) is 11.5. The van der Waals surface area contributed by atoms with Gasteiger partial charge in [-0.15, -0.1) is 0 Å². The van der Waals surface area contributed by atoms with Crippen LogP contribution in [0.3, 0.4) is 0 Å². The number of benzene rings is 2. The van der Waals surface area contributed by atoms with Crippen LogP contribution in [0.4, 0.5) is 5.69 Å². The number of amides is 1. The predicted molar refractivity (Wildman–Crippen MR) is 91.5 cm³/mol. The number of hydrogen-bond acceptors (Lipinski definition) is 4. The lowest BCUT2D eigenvalue weighted by molar-refractivity contribution is -0.385. The Morgan fingerprint density at radius 2 is 1.79 bits per heavy atom. The molecule has 0 heterocycles. The van der Waals surface area contributed by atoms with Gasteiger partial charge in [0.15, 0.2) is 0 Å². The lowest BCUT2D eigenvalue weighted by Gasteiger charge is -2.12. The largest absolute Gasteiger partial charge is 0.493 e. The number of carbonyl (C=O) groups excluding carboxylic acids is 1. The third kappa shape index (κ3) is 4.32. The van der Waals surface area contributed by atoms with Gasteiger partial charge in [0.05, 0.1) is 11.5 Å². The van der Waals surface area contributed by atoms with Gasteiger partial charge in [0.25, 0.3) is 11.6 Å². The number of nitro groups is 1. The highest BCUT2D eigenvalue weighted by molar-refractivity contribution is 5.98. The van der Waals surface area contributed by atoms with Crippen molar-refractivity contribution < 1.29 is 14.5 Å². The maximum Gasteiger partial charge on any atom is 0.282 e. The molecule has 24 heavy (non-hydrogen) atoms. The lowest BCUT2D eigenvalue weighted by Crippen LogP contribution is -2.26. The van der Waals surface area contributed by atoms with Crippen molar-refractivity contribution >= 4 is 11.6 Å². The van der Waals surface area contributed by atoms with E-state index in [0.717, 1.165) is 16.9 Å². The lowest BCUT2D eigenvalue weighted by atomic mass is 10.1. The van der Waals surface area contributed by atoms with Crippen LogP contribution < -0.4 is 10.1 Å². The van der Waals surface area contributed by atoms with Gasteiger partial charge in [-0.3, -0.25) is 14.9 Å². The van der Waals surface area contributed by atoms with Gasteiger partial charge in [0, 0.05) is 12.6 Å². The molecule has 0 aliphatic rings. The highest BCUT2D eigenvalue weighted by Crippen LogP contribution is 2.22. The number of ether oxygens (including phenoxy) is 1. The SMILES string of the molecule is Cc1cccc(C)c1OCCCNC(=O)c1ccccc1[N+](=O)[O-]. The van der Waals surface area contributed by atoms with Crippen LogP contribution in [0.5, 0.6) is 5.75 Å². The van der Waals surface area contributed by atoms with Crippen LogP contribution in [0.1, 0.15) is 27.9 Å². The maximum atomic E-state index is 12.1. The fourth-order valence-electron chi connectivity index (χ4n) is 2.40. The standard InChI is InChI=1S/C18H20N2O4/c1-13-7-5-8-14(2)17(13)24-12-6-11-19-18(21)15-9-3-4-10-16(15)20(22)23/h3-5,7-10H,6,11-12H2,1-2H3,(H,19,21). The monoisotopic (exact) mass is 328 g/mol. The molecule has 2 aromatic rings. The molecule has 2 rings (SSSR count). The molecule has 0 aliphatic heterocycles. The van der Waals surface area contributed by atoms with E-state index >= 15 is 0 Å². The topological polar surface area (TPSA) is 81.5 Å². The van der Waals surface area contributed by atoms with Gasteiger partial charge in [-0.25, -0.2) is 0 Å². The Bertz CT molecular complexity index is 723. The molecule has 0 atom stereocenters. The Hall–Kier alpha value is -2.89. The number of nitrogens with one attached hydrogen (secondary N) is 1. The van der Waals surface area contributed by atoms with Crippen LogP contribution in [-0.4, -0.2) is 24.0 Å². The summed E-state index contributed by atoms with van der Waals surface area (Å²) in [4.78, 5) is 22.4. The Labute approximate surface area is 140 Å². The summed E-state index contributed by atoms with van der Waals surface area (Å²) in [5.74, 6) is 0.414. The maximum absolute atomic E-state index is 12.1. The van der Waals surface area contributed by atoms with Crippen molar-refractivity contribution in [3.63, 3.8) is 0 Å². The molecule has 0 spiro atoms. The summed E-state index contributed by atoms with van der Waals surface area (Å²) in [5.41, 5.74) is 2.01. The summed E-state index contributed by atoms with van der Waals surface area (Å²) in [5, 5.41) is 13.6. The fraction of sp³-hybridized carbons (Fsp3) is 0.278. The zero-order valence-corrected chi connectivity index (χ0v) is 13.7. The van der Waals surface area contributed by atoms with Crippen molar-refractivity contribution in [2.45, 2.75) is 20.3 Å². The molecule has 0 saturated carbocycles. The molecule has 0 saturated heterocycles. The molecule has 0 radical (unpaired) electrons. The van der Waals surface area contributed by atoms with Crippen molar-refractivity contribution in [2.75, 3.05) is 13.2 Å². The number of nitrogens with zero attached hydrogens (tertiary/aromatic N) is 1. The Morgan fingerprint density at radius 3 is 2.46 bits per heavy atom. The summed E-state index contributed by atoms with van der Waals surface area (Å²) < 4.78 is 5.76. The molecule has 2 aromatic carbocycles. The molecular formula is C18H20N2O4. The van der Waals surface area contributed by atoms with E-state index in [1.807, 2.05) is 32.0 Å². The van der Waals surface area contributed by atoms with E-state index in [0.29, 0.717) is 19.6 Å². The number of carbonyl (C=O) groups is 1. The van der Waals surface area contributed by atoms with Crippen molar-refractivity contribution in [2.24, 2.45) is 0 Å². The molecule has 0 bridgehead atoms. The molecule has 0 fully saturated rings. The van der Waals surface area contributed by atoms with Crippen LogP contribution >= 0.6 is 0 Å². The zero-order valence-electron chi connectivity index (χ0n) is 13.7. The molecule has 0 aromatic heterocycles. The van der Waals surface area contributed by atoms with E-state index in [1.54, 1.807) is 6.07 Å². The van der Waals surface area contributed by atoms with Gasteiger partial charge in [-0.05, 0) is 37.5 Å². The number of nitro benzene ring substituents is 1. The summed E-state index contributed by atoms with van der Waals surface area (Å²) in [6.45, 7) is 4.82. The van der Waals surface area contributed by atoms with Gasteiger partial charge in [-0.1, -0.05) is 30.3 Å². The van der Waals surface area contributed by atoms with Crippen LogP contribution in [0.2, 0.25) is 0 Å². The van der Waals surface area contributed by atoms with E-state index in [9.17, 15) is 14.9 Å². The van der Waals surface area contributed by atoms with Crippen molar-refractivity contribution in [3.8, 4) is 5.75 Å². The molecule has 0 unspecified atom stereocenters. The second-order valence-corrected chi connectivity index (χ2v) is 5.45. The average molecular weight is 328 g/mol. The van der Waals surface area contributed by atoms with Crippen LogP contribution in [0.15, 0.2) is 42.5 Å². The zero-order chi connectivity index (χ0) is 17.5. The second-order valence-electron chi connectivity index (χ2n) is 5.45. The minimum Gasteiger partial charge on any atom is -0.493 e. The van der Waals surface area contributed by atoms with E-state index in [1.165, 1.54) is 18.2 Å². The quantitative estimate of drug-likeness (QED) is 0.480. The van der Waals surface area contributed by atoms with Crippen molar-refractivity contribution in [3.05, 3.63) is 69.3 Å². The van der Waals surface area contributed by atoms with Crippen LogP contribution in [0, 0.1) is 24.0 Å². The predicted octanol–water partition coefficient (Wildman–Crippen LogP) is 3.41. The minimum absolute atomic E-state index is 0.0677. The molecule has 6 nitrogen and oxygen atoms in total. The third-order valence-corrected chi connectivity index (χ3v) is 3.61. The Kier molecular flexibility index (Phi) is 5.89. The van der Waals surface area contributed by atoms with Gasteiger partial charge in [0.2, 0.25) is 0 Å². The second kappa shape index (κ2) is 8.10. The van der Waals surface area contributed by atoms with Crippen LogP contribution in [0.25, 0.3) is 0 Å². The first-order valence-corrected chi connectivity index (χ1v) is 7.71. The summed E-state index contributed by atoms with van der Waals surface area (Å²) in [6.07, 6.45) is 0.611. The van der Waals surface area contributed by atoms with E-state index in [2.05, 4.69) is 5.32 Å². The van der Waals surface area contributed by atoms with Gasteiger partial charge in [0.1, 0.15) is 11.3 Å². The van der Waals surface area contributed by atoms with Gasteiger partial charge in [-0.2, -0.15) is 0 Å². The summed E-state index contributed by atoms with van der Waals surface area (Å²) in [7, 11) is 0. The molecule has 6 heteroatoms. The number of para-hydroxylation sites is 2. The van der Waals surface area contributed by atoms with E-state index in [4.69, 9.17) is 4.74 Å². The Morgan fingerprint density at radius 1 is 1.12 bits per heavy atom. The highest BCUT2D eigenvalue weighted by atomic mass is 16.6. The van der Waals surface area contributed by atoms with Crippen molar-refractivity contribution in [1.82, 2.24) is 5.32 Å². The smallest absolute Gasteiger partial charge is 0.282 e. The normalized spacial score (nSPS) is 10.2. The van der Waals surface area contributed by atoms with E-state index in [-0.39, 0.29) is 11.3 Å². The van der Waals surface area contributed by atoms with Crippen molar-refractivity contribution in [1.29, 1.82) is 0 Å². The molecule has 1 amide bonds. The van der Waals surface area contributed by atoms with E-state index < -0.39 is 10.8 Å². The van der Waals surface area contributed by atoms with Crippen LogP contribution in [-0.2, 0) is 0 Å². The first-order valence-electron chi connectivity index (χ1n) is 7.71. The molecule has 0 aliphatic carbocycles. The first kappa shape index (κ1) is 17.5. The summed E-state index contributed by atoms with van der Waals surface area (Å²) in [6, 6.07) is 11.8. The number of hydrogen-bond donors (Lipinski definition) is 1.